The molecule has 0 saturated carbocycles. The van der Waals surface area contributed by atoms with Crippen LogP contribution in [0.5, 0.6) is 11.5 Å². The molecule has 5 rings (SSSR count). The summed E-state index contributed by atoms with van der Waals surface area (Å²) in [6, 6.07) is 21.6. The van der Waals surface area contributed by atoms with Gasteiger partial charge in [0.1, 0.15) is 13.2 Å². The second-order valence-electron chi connectivity index (χ2n) is 8.88. The van der Waals surface area contributed by atoms with Crippen molar-refractivity contribution in [3.63, 3.8) is 0 Å². The van der Waals surface area contributed by atoms with Crippen LogP contribution in [0.3, 0.4) is 0 Å². The van der Waals surface area contributed by atoms with Crippen LogP contribution in [-0.2, 0) is 16.4 Å². The van der Waals surface area contributed by atoms with Crippen molar-refractivity contribution in [3.05, 3.63) is 83.9 Å². The molecule has 182 valence electrons. The number of para-hydroxylation sites is 1. The Bertz CT molecular complexity index is 1300. The molecule has 1 saturated heterocycles. The van der Waals surface area contributed by atoms with Gasteiger partial charge >= 0.3 is 0 Å². The van der Waals surface area contributed by atoms with Gasteiger partial charge in [0.25, 0.3) is 15.9 Å². The number of rotatable bonds is 6. The van der Waals surface area contributed by atoms with Crippen LogP contribution in [0, 0.1) is 5.92 Å². The summed E-state index contributed by atoms with van der Waals surface area (Å²) in [7, 11) is -3.93. The molecule has 3 aromatic rings. The number of nitrogens with zero attached hydrogens (tertiary/aromatic N) is 1. The van der Waals surface area contributed by atoms with Crippen LogP contribution >= 0.6 is 0 Å². The number of sulfonamides is 1. The normalized spacial score (nSPS) is 16.1. The lowest BCUT2D eigenvalue weighted by molar-refractivity contribution is 0.0691. The number of nitrogens with one attached hydrogen (secondary N) is 1. The van der Waals surface area contributed by atoms with E-state index >= 15 is 0 Å². The molecule has 2 heterocycles. The smallest absolute Gasteiger partial charge is 0.262 e. The van der Waals surface area contributed by atoms with E-state index in [2.05, 4.69) is 29.0 Å². The molecule has 0 aliphatic carbocycles. The van der Waals surface area contributed by atoms with Crippen LogP contribution in [0.15, 0.2) is 77.7 Å². The highest BCUT2D eigenvalue weighted by Crippen LogP contribution is 2.33. The van der Waals surface area contributed by atoms with E-state index in [-0.39, 0.29) is 16.5 Å². The van der Waals surface area contributed by atoms with Crippen molar-refractivity contribution in [2.24, 2.45) is 5.92 Å². The van der Waals surface area contributed by atoms with Crippen molar-refractivity contribution < 1.29 is 22.7 Å². The standard InChI is InChI=1S/C27H28N2O5S/c30-27(29-14-12-21(13-15-29)18-20-6-2-1-3-7-20)23-8-4-5-9-24(23)28-35(31,32)22-10-11-25-26(19-22)34-17-16-33-25/h1-11,19,21,28H,12-18H2. The minimum Gasteiger partial charge on any atom is -0.486 e. The van der Waals surface area contributed by atoms with E-state index in [1.165, 1.54) is 17.7 Å². The second kappa shape index (κ2) is 10.00. The quantitative estimate of drug-likeness (QED) is 0.553. The van der Waals surface area contributed by atoms with Gasteiger partial charge in [-0.15, -0.1) is 0 Å². The Labute approximate surface area is 205 Å². The number of anilines is 1. The fourth-order valence-electron chi connectivity index (χ4n) is 4.61. The molecule has 0 radical (unpaired) electrons. The van der Waals surface area contributed by atoms with Crippen molar-refractivity contribution in [1.29, 1.82) is 0 Å². The maximum atomic E-state index is 13.4. The van der Waals surface area contributed by atoms with E-state index in [0.717, 1.165) is 19.3 Å². The molecule has 1 amide bonds. The first-order valence-corrected chi connectivity index (χ1v) is 13.3. The lowest BCUT2D eigenvalue weighted by Crippen LogP contribution is -2.39. The molecule has 3 aromatic carbocycles. The summed E-state index contributed by atoms with van der Waals surface area (Å²) in [5, 5.41) is 0. The Morgan fingerprint density at radius 1 is 0.886 bits per heavy atom. The molecule has 0 bridgehead atoms. The second-order valence-corrected chi connectivity index (χ2v) is 10.6. The summed E-state index contributed by atoms with van der Waals surface area (Å²) in [6.07, 6.45) is 2.85. The molecule has 8 heteroatoms. The molecule has 0 unspecified atom stereocenters. The SMILES string of the molecule is O=C(c1ccccc1NS(=O)(=O)c1ccc2c(c1)OCCO2)N1CCC(Cc2ccccc2)CC1. The van der Waals surface area contributed by atoms with Crippen LogP contribution in [0.25, 0.3) is 0 Å². The summed E-state index contributed by atoms with van der Waals surface area (Å²) >= 11 is 0. The molecular formula is C27H28N2O5S. The van der Waals surface area contributed by atoms with Crippen molar-refractivity contribution in [2.75, 3.05) is 31.0 Å². The highest BCUT2D eigenvalue weighted by Gasteiger charge is 2.27. The van der Waals surface area contributed by atoms with Gasteiger partial charge in [-0.05, 0) is 55.0 Å². The molecule has 0 aromatic heterocycles. The third-order valence-corrected chi connectivity index (χ3v) is 7.86. The van der Waals surface area contributed by atoms with Gasteiger partial charge in [0.2, 0.25) is 0 Å². The van der Waals surface area contributed by atoms with E-state index in [4.69, 9.17) is 9.47 Å². The van der Waals surface area contributed by atoms with Crippen molar-refractivity contribution in [1.82, 2.24) is 4.90 Å². The first-order chi connectivity index (χ1) is 17.0. The van der Waals surface area contributed by atoms with E-state index in [1.807, 2.05) is 11.0 Å². The lowest BCUT2D eigenvalue weighted by Gasteiger charge is -2.32. The Hall–Kier alpha value is -3.52. The van der Waals surface area contributed by atoms with Gasteiger partial charge in [-0.3, -0.25) is 9.52 Å². The molecule has 2 aliphatic heterocycles. The summed E-state index contributed by atoms with van der Waals surface area (Å²) < 4.78 is 39.8. The number of likely N-dealkylation sites (tertiary alicyclic amines) is 1. The molecule has 0 spiro atoms. The summed E-state index contributed by atoms with van der Waals surface area (Å²) in [6.45, 7) is 2.10. The lowest BCUT2D eigenvalue weighted by atomic mass is 9.90. The zero-order chi connectivity index (χ0) is 24.3. The maximum absolute atomic E-state index is 13.4. The number of hydrogen-bond acceptors (Lipinski definition) is 5. The van der Waals surface area contributed by atoms with Gasteiger partial charge in [-0.2, -0.15) is 0 Å². The Kier molecular flexibility index (Phi) is 6.63. The van der Waals surface area contributed by atoms with Gasteiger partial charge in [0.15, 0.2) is 11.5 Å². The summed E-state index contributed by atoms with van der Waals surface area (Å²) in [5.74, 6) is 1.28. The summed E-state index contributed by atoms with van der Waals surface area (Å²) in [4.78, 5) is 15.2. The number of amides is 1. The monoisotopic (exact) mass is 492 g/mol. The van der Waals surface area contributed by atoms with Gasteiger partial charge < -0.3 is 14.4 Å². The molecule has 7 nitrogen and oxygen atoms in total. The number of ether oxygens (including phenoxy) is 2. The van der Waals surface area contributed by atoms with Crippen molar-refractivity contribution >= 4 is 21.6 Å². The van der Waals surface area contributed by atoms with Gasteiger partial charge in [-0.25, -0.2) is 8.42 Å². The van der Waals surface area contributed by atoms with Gasteiger partial charge in [0, 0.05) is 19.2 Å². The van der Waals surface area contributed by atoms with Crippen LogP contribution in [0.1, 0.15) is 28.8 Å². The van der Waals surface area contributed by atoms with Crippen LogP contribution in [0.4, 0.5) is 5.69 Å². The average molecular weight is 493 g/mol. The average Bonchev–Trinajstić information content (AvgIpc) is 2.89. The first-order valence-electron chi connectivity index (χ1n) is 11.8. The van der Waals surface area contributed by atoms with Crippen LogP contribution < -0.4 is 14.2 Å². The Morgan fingerprint density at radius 3 is 2.34 bits per heavy atom. The maximum Gasteiger partial charge on any atom is 0.262 e. The molecule has 1 N–H and O–H groups in total. The predicted molar refractivity (Wildman–Crippen MR) is 133 cm³/mol. The van der Waals surface area contributed by atoms with Crippen LogP contribution in [0.2, 0.25) is 0 Å². The number of carbonyl (C=O) groups excluding carboxylic acids is 1. The molecule has 2 aliphatic rings. The van der Waals surface area contributed by atoms with Gasteiger partial charge in [-0.1, -0.05) is 42.5 Å². The largest absolute Gasteiger partial charge is 0.486 e. The van der Waals surface area contributed by atoms with Crippen LogP contribution in [-0.4, -0.2) is 45.5 Å². The van der Waals surface area contributed by atoms with E-state index < -0.39 is 10.0 Å². The number of piperidine rings is 1. The molecule has 0 atom stereocenters. The van der Waals surface area contributed by atoms with E-state index in [9.17, 15) is 13.2 Å². The third kappa shape index (κ3) is 5.27. The molecule has 1 fully saturated rings. The van der Waals surface area contributed by atoms with Crippen molar-refractivity contribution in [3.8, 4) is 11.5 Å². The molecular weight excluding hydrogens is 464 g/mol. The van der Waals surface area contributed by atoms with E-state index in [0.29, 0.717) is 49.3 Å². The number of fused-ring (bicyclic) bond motifs is 1. The third-order valence-electron chi connectivity index (χ3n) is 6.49. The van der Waals surface area contributed by atoms with E-state index in [1.54, 1.807) is 30.3 Å². The fraction of sp³-hybridized carbons (Fsp3) is 0.296. The first kappa shape index (κ1) is 23.2. The number of benzene rings is 3. The minimum absolute atomic E-state index is 0.0470. The molecule has 35 heavy (non-hydrogen) atoms. The summed E-state index contributed by atoms with van der Waals surface area (Å²) in [5.41, 5.74) is 1.92. The number of hydrogen-bond donors (Lipinski definition) is 1. The Balaban J connectivity index is 1.28. The minimum atomic E-state index is -3.93. The highest BCUT2D eigenvalue weighted by atomic mass is 32.2. The Morgan fingerprint density at radius 2 is 1.57 bits per heavy atom. The zero-order valence-electron chi connectivity index (χ0n) is 19.4. The highest BCUT2D eigenvalue weighted by molar-refractivity contribution is 7.92. The fourth-order valence-corrected chi connectivity index (χ4v) is 5.71. The van der Waals surface area contributed by atoms with Crippen molar-refractivity contribution in [2.45, 2.75) is 24.2 Å². The topological polar surface area (TPSA) is 84.9 Å². The predicted octanol–water partition coefficient (Wildman–Crippen LogP) is 4.35. The van der Waals surface area contributed by atoms with Gasteiger partial charge in [0.05, 0.1) is 16.1 Å². The zero-order valence-corrected chi connectivity index (χ0v) is 20.2. The number of carbonyl (C=O) groups is 1.